The quantitative estimate of drug-likeness (QED) is 0.382. The maximum atomic E-state index is 12.4. The van der Waals surface area contributed by atoms with Gasteiger partial charge in [-0.15, -0.1) is 0 Å². The lowest BCUT2D eigenvalue weighted by Crippen LogP contribution is -2.22. The predicted octanol–water partition coefficient (Wildman–Crippen LogP) is 4.57. The van der Waals surface area contributed by atoms with Gasteiger partial charge in [0.2, 0.25) is 11.7 Å². The van der Waals surface area contributed by atoms with Crippen molar-refractivity contribution < 1.29 is 19.4 Å². The number of hydrogen-bond donors (Lipinski definition) is 1. The molecule has 0 radical (unpaired) electrons. The third-order valence-corrected chi connectivity index (χ3v) is 6.46. The number of fused-ring (bicyclic) bond motifs is 1. The number of nitrogens with one attached hydrogen (secondary N) is 1. The zero-order valence-electron chi connectivity index (χ0n) is 17.4. The second-order valence-corrected chi connectivity index (χ2v) is 8.41. The largest absolute Gasteiger partial charge is 0.450 e. The maximum Gasteiger partial charge on any atom is 0.318 e. The van der Waals surface area contributed by atoms with Crippen LogP contribution in [0.4, 0.5) is 11.4 Å². The van der Waals surface area contributed by atoms with Crippen LogP contribution in [0.5, 0.6) is 11.5 Å². The van der Waals surface area contributed by atoms with Crippen molar-refractivity contribution in [1.29, 1.82) is 0 Å². The van der Waals surface area contributed by atoms with E-state index in [1.807, 2.05) is 0 Å². The zero-order chi connectivity index (χ0) is 22.9. The molecular formula is C22H22N4O6. The van der Waals surface area contributed by atoms with E-state index in [0.29, 0.717) is 17.2 Å². The number of hydrazone groups is 1. The fourth-order valence-electron chi connectivity index (χ4n) is 4.69. The van der Waals surface area contributed by atoms with E-state index < -0.39 is 21.2 Å². The summed E-state index contributed by atoms with van der Waals surface area (Å²) in [6.07, 6.45) is 6.08. The van der Waals surface area contributed by atoms with Crippen LogP contribution in [0.3, 0.4) is 0 Å². The van der Waals surface area contributed by atoms with Gasteiger partial charge in [-0.1, -0.05) is 19.8 Å². The van der Waals surface area contributed by atoms with E-state index in [0.717, 1.165) is 25.0 Å². The van der Waals surface area contributed by atoms with Crippen LogP contribution in [0.25, 0.3) is 0 Å². The highest BCUT2D eigenvalue weighted by Gasteiger charge is 2.64. The Labute approximate surface area is 183 Å². The Morgan fingerprint density at radius 3 is 2.53 bits per heavy atom. The van der Waals surface area contributed by atoms with Gasteiger partial charge in [0.1, 0.15) is 5.75 Å². The summed E-state index contributed by atoms with van der Waals surface area (Å²) in [5.41, 5.74) is 2.57. The Kier molecular flexibility index (Phi) is 5.60. The van der Waals surface area contributed by atoms with Gasteiger partial charge in [-0.25, -0.2) is 5.43 Å². The van der Waals surface area contributed by atoms with Crippen LogP contribution < -0.4 is 10.2 Å². The molecule has 0 saturated heterocycles. The number of amides is 1. The molecule has 0 heterocycles. The number of carbonyl (C=O) groups excluding carboxylic acids is 1. The van der Waals surface area contributed by atoms with E-state index >= 15 is 0 Å². The molecule has 0 aliphatic heterocycles. The molecule has 0 aromatic heterocycles. The van der Waals surface area contributed by atoms with Crippen LogP contribution in [0.15, 0.2) is 47.6 Å². The van der Waals surface area contributed by atoms with E-state index in [9.17, 15) is 25.0 Å². The van der Waals surface area contributed by atoms with E-state index in [1.54, 1.807) is 24.3 Å². The lowest BCUT2D eigenvalue weighted by molar-refractivity contribution is -0.394. The molecule has 2 aliphatic carbocycles. The molecule has 1 N–H and O–H groups in total. The molecule has 1 amide bonds. The van der Waals surface area contributed by atoms with E-state index in [1.165, 1.54) is 25.1 Å². The minimum absolute atomic E-state index is 0.0374. The first kappa shape index (κ1) is 21.4. The molecule has 10 nitrogen and oxygen atoms in total. The van der Waals surface area contributed by atoms with E-state index in [-0.39, 0.29) is 23.0 Å². The Bertz CT molecular complexity index is 1100. The molecule has 3 unspecified atom stereocenters. The first-order valence-corrected chi connectivity index (χ1v) is 10.3. The summed E-state index contributed by atoms with van der Waals surface area (Å²) < 4.78 is 5.53. The number of carbonyl (C=O) groups is 1. The number of ether oxygens (including phenoxy) is 1. The number of rotatable bonds is 7. The van der Waals surface area contributed by atoms with Crippen LogP contribution in [0, 0.1) is 37.5 Å². The predicted molar refractivity (Wildman–Crippen MR) is 116 cm³/mol. The van der Waals surface area contributed by atoms with Gasteiger partial charge in [-0.3, -0.25) is 25.0 Å². The van der Waals surface area contributed by atoms with Crippen LogP contribution >= 0.6 is 0 Å². The molecule has 10 heteroatoms. The molecule has 0 bridgehead atoms. The molecule has 0 spiro atoms. The minimum Gasteiger partial charge on any atom is -0.450 e. The molecular weight excluding hydrogens is 416 g/mol. The minimum atomic E-state index is -0.734. The van der Waals surface area contributed by atoms with E-state index in [2.05, 4.69) is 17.5 Å². The van der Waals surface area contributed by atoms with Crippen molar-refractivity contribution in [3.05, 3.63) is 68.3 Å². The van der Waals surface area contributed by atoms with Crippen molar-refractivity contribution in [2.24, 2.45) is 22.4 Å². The Morgan fingerprint density at radius 1 is 1.16 bits per heavy atom. The summed E-state index contributed by atoms with van der Waals surface area (Å²) in [6, 6.07) is 9.73. The van der Waals surface area contributed by atoms with Crippen molar-refractivity contribution in [3.63, 3.8) is 0 Å². The van der Waals surface area contributed by atoms with Gasteiger partial charge < -0.3 is 4.74 Å². The third-order valence-electron chi connectivity index (χ3n) is 6.46. The van der Waals surface area contributed by atoms with Gasteiger partial charge in [-0.2, -0.15) is 5.10 Å². The number of nitro benzene ring substituents is 2. The molecule has 2 aliphatic rings. The lowest BCUT2D eigenvalue weighted by Gasteiger charge is -2.15. The Morgan fingerprint density at radius 2 is 1.91 bits per heavy atom. The zero-order valence-corrected chi connectivity index (χ0v) is 17.4. The molecule has 4 rings (SSSR count). The fraction of sp³-hybridized carbons (Fsp3) is 0.364. The second kappa shape index (κ2) is 8.37. The van der Waals surface area contributed by atoms with Crippen molar-refractivity contribution in [2.75, 3.05) is 0 Å². The van der Waals surface area contributed by atoms with Crippen LogP contribution in [-0.4, -0.2) is 22.0 Å². The fourth-order valence-corrected chi connectivity index (χ4v) is 4.69. The average molecular weight is 438 g/mol. The molecule has 2 aromatic carbocycles. The van der Waals surface area contributed by atoms with Crippen molar-refractivity contribution in [3.8, 4) is 11.5 Å². The number of benzene rings is 2. The number of non-ortho nitro benzene ring substituents is 1. The van der Waals surface area contributed by atoms with Crippen molar-refractivity contribution in [2.45, 2.75) is 32.6 Å². The molecule has 2 aromatic rings. The first-order chi connectivity index (χ1) is 15.3. The molecule has 166 valence electrons. The monoisotopic (exact) mass is 438 g/mol. The number of hydrogen-bond acceptors (Lipinski definition) is 7. The summed E-state index contributed by atoms with van der Waals surface area (Å²) in [6.45, 7) is 2.18. The number of nitro groups is 2. The van der Waals surface area contributed by atoms with E-state index in [4.69, 9.17) is 4.74 Å². The highest BCUT2D eigenvalue weighted by molar-refractivity contribution is 5.86. The normalized spacial score (nSPS) is 23.9. The maximum absolute atomic E-state index is 12.4. The number of nitrogens with zero attached hydrogens (tertiary/aromatic N) is 3. The highest BCUT2D eigenvalue weighted by atomic mass is 16.6. The Balaban J connectivity index is 1.37. The molecule has 2 fully saturated rings. The van der Waals surface area contributed by atoms with Gasteiger partial charge in [0.05, 0.1) is 22.1 Å². The van der Waals surface area contributed by atoms with Gasteiger partial charge in [0.15, 0.2) is 0 Å². The average Bonchev–Trinajstić information content (AvgIpc) is 3.40. The summed E-state index contributed by atoms with van der Waals surface area (Å²) in [5.74, 6) is 0.676. The van der Waals surface area contributed by atoms with Gasteiger partial charge in [-0.05, 0) is 60.1 Å². The van der Waals surface area contributed by atoms with Gasteiger partial charge in [0, 0.05) is 12.0 Å². The van der Waals surface area contributed by atoms with Gasteiger partial charge in [0.25, 0.3) is 5.69 Å². The Hall–Kier alpha value is -3.82. The second-order valence-electron chi connectivity index (χ2n) is 8.41. The van der Waals surface area contributed by atoms with Gasteiger partial charge >= 0.3 is 5.69 Å². The smallest absolute Gasteiger partial charge is 0.318 e. The molecule has 32 heavy (non-hydrogen) atoms. The summed E-state index contributed by atoms with van der Waals surface area (Å²) in [4.78, 5) is 33.1. The van der Waals surface area contributed by atoms with Crippen LogP contribution in [0.1, 0.15) is 38.2 Å². The van der Waals surface area contributed by atoms with Crippen molar-refractivity contribution >= 4 is 23.5 Å². The summed E-state index contributed by atoms with van der Waals surface area (Å²) in [7, 11) is 0. The summed E-state index contributed by atoms with van der Waals surface area (Å²) >= 11 is 0. The highest BCUT2D eigenvalue weighted by Crippen LogP contribution is 2.66. The van der Waals surface area contributed by atoms with Crippen LogP contribution in [-0.2, 0) is 4.79 Å². The summed E-state index contributed by atoms with van der Waals surface area (Å²) in [5, 5.41) is 26.1. The lowest BCUT2D eigenvalue weighted by atomic mass is 9.90. The first-order valence-electron chi connectivity index (χ1n) is 10.3. The van der Waals surface area contributed by atoms with Crippen molar-refractivity contribution in [1.82, 2.24) is 5.43 Å². The van der Waals surface area contributed by atoms with Crippen LogP contribution in [0.2, 0.25) is 0 Å². The molecule has 3 atom stereocenters. The standard InChI is InChI=1S/C22H22N4O6/c1-22-11-3-2-4-17(22)20(22)21(27)24-23-13-14-5-8-16(9-6-14)32-19-10-7-15(25(28)29)12-18(19)26(30)31/h5-10,12-13,17,20H,2-4,11H2,1H3,(H,24,27). The topological polar surface area (TPSA) is 137 Å². The third kappa shape index (κ3) is 4.16. The SMILES string of the molecule is CC12CCCCC1C2C(=O)NN=Cc1ccc(Oc2ccc([N+](=O)[O-])cc2[N+](=O)[O-])cc1. The molecule has 2 saturated carbocycles.